The number of nitrogens with zero attached hydrogens (tertiary/aromatic N) is 3. The number of aromatic nitrogens is 2. The molecule has 5 nitrogen and oxygen atoms in total. The van der Waals surface area contributed by atoms with E-state index in [1.807, 2.05) is 20.2 Å². The van der Waals surface area contributed by atoms with Crippen LogP contribution in [0, 0.1) is 12.8 Å². The van der Waals surface area contributed by atoms with Crippen molar-refractivity contribution >= 4 is 5.82 Å². The summed E-state index contributed by atoms with van der Waals surface area (Å²) in [4.78, 5) is 11.2. The van der Waals surface area contributed by atoms with Crippen LogP contribution in [0.5, 0.6) is 0 Å². The zero-order chi connectivity index (χ0) is 13.0. The molecule has 0 bridgehead atoms. The van der Waals surface area contributed by atoms with Gasteiger partial charge in [0, 0.05) is 44.4 Å². The number of aryl methyl sites for hydroxylation is 1. The van der Waals surface area contributed by atoms with Crippen LogP contribution in [0.15, 0.2) is 6.20 Å². The largest absolute Gasteiger partial charge is 0.384 e. The fourth-order valence-corrected chi connectivity index (χ4v) is 2.47. The summed E-state index contributed by atoms with van der Waals surface area (Å²) in [6.07, 6.45) is 3.10. The van der Waals surface area contributed by atoms with Crippen molar-refractivity contribution in [2.75, 3.05) is 38.8 Å². The molecular formula is C13H22N4O. The van der Waals surface area contributed by atoms with Crippen LogP contribution in [-0.2, 0) is 11.3 Å². The van der Waals surface area contributed by atoms with Gasteiger partial charge >= 0.3 is 0 Å². The minimum atomic E-state index is 0.618. The highest BCUT2D eigenvalue weighted by atomic mass is 16.5. The van der Waals surface area contributed by atoms with E-state index in [1.165, 1.54) is 12.0 Å². The average Bonchev–Trinajstić information content (AvgIpc) is 2.81. The first-order valence-corrected chi connectivity index (χ1v) is 6.45. The molecule has 1 aromatic rings. The molecule has 100 valence electrons. The van der Waals surface area contributed by atoms with Gasteiger partial charge in [0.15, 0.2) is 0 Å². The minimum Gasteiger partial charge on any atom is -0.384 e. The van der Waals surface area contributed by atoms with Crippen LogP contribution < -0.4 is 10.2 Å². The fourth-order valence-electron chi connectivity index (χ4n) is 2.47. The topological polar surface area (TPSA) is 50.3 Å². The maximum Gasteiger partial charge on any atom is 0.136 e. The normalized spacial score (nSPS) is 19.5. The smallest absolute Gasteiger partial charge is 0.136 e. The van der Waals surface area contributed by atoms with Crippen LogP contribution in [0.1, 0.15) is 17.8 Å². The zero-order valence-electron chi connectivity index (χ0n) is 11.4. The second-order valence-corrected chi connectivity index (χ2v) is 4.85. The Labute approximate surface area is 109 Å². The number of methoxy groups -OCH3 is 1. The van der Waals surface area contributed by atoms with E-state index in [0.717, 1.165) is 37.9 Å². The van der Waals surface area contributed by atoms with E-state index in [4.69, 9.17) is 4.74 Å². The van der Waals surface area contributed by atoms with Gasteiger partial charge in [-0.25, -0.2) is 9.97 Å². The molecule has 0 aliphatic carbocycles. The highest BCUT2D eigenvalue weighted by Crippen LogP contribution is 2.25. The van der Waals surface area contributed by atoms with E-state index >= 15 is 0 Å². The Morgan fingerprint density at radius 2 is 2.39 bits per heavy atom. The SMILES string of the molecule is CNCc1cnc(C)nc1N1CCC(COC)C1. The van der Waals surface area contributed by atoms with Gasteiger partial charge in [-0.1, -0.05) is 0 Å². The molecule has 5 heteroatoms. The molecule has 18 heavy (non-hydrogen) atoms. The predicted molar refractivity (Wildman–Crippen MR) is 71.7 cm³/mol. The third-order valence-electron chi connectivity index (χ3n) is 3.32. The van der Waals surface area contributed by atoms with Gasteiger partial charge in [0.2, 0.25) is 0 Å². The minimum absolute atomic E-state index is 0.618. The molecule has 1 unspecified atom stereocenters. The van der Waals surface area contributed by atoms with Gasteiger partial charge in [-0.15, -0.1) is 0 Å². The van der Waals surface area contributed by atoms with E-state index < -0.39 is 0 Å². The first-order chi connectivity index (χ1) is 8.74. The molecular weight excluding hydrogens is 228 g/mol. The van der Waals surface area contributed by atoms with E-state index in [9.17, 15) is 0 Å². The molecule has 1 saturated heterocycles. The molecule has 0 amide bonds. The lowest BCUT2D eigenvalue weighted by molar-refractivity contribution is 0.161. The van der Waals surface area contributed by atoms with E-state index in [2.05, 4.69) is 20.2 Å². The molecule has 0 spiro atoms. The van der Waals surface area contributed by atoms with Crippen molar-refractivity contribution in [1.82, 2.24) is 15.3 Å². The summed E-state index contributed by atoms with van der Waals surface area (Å²) in [5, 5.41) is 3.17. The Kier molecular flexibility index (Phi) is 4.49. The van der Waals surface area contributed by atoms with Crippen LogP contribution in [0.3, 0.4) is 0 Å². The summed E-state index contributed by atoms with van der Waals surface area (Å²) in [5.74, 6) is 2.53. The number of anilines is 1. The molecule has 0 radical (unpaired) electrons. The van der Waals surface area contributed by atoms with Gasteiger partial charge in [0.1, 0.15) is 11.6 Å². The maximum absolute atomic E-state index is 5.24. The van der Waals surface area contributed by atoms with Gasteiger partial charge in [0.05, 0.1) is 6.61 Å². The molecule has 1 aromatic heterocycles. The molecule has 1 atom stereocenters. The van der Waals surface area contributed by atoms with Crippen molar-refractivity contribution in [2.45, 2.75) is 19.9 Å². The summed E-state index contributed by atoms with van der Waals surface area (Å²) in [6.45, 7) is 5.67. The second-order valence-electron chi connectivity index (χ2n) is 4.85. The Morgan fingerprint density at radius 1 is 1.56 bits per heavy atom. The van der Waals surface area contributed by atoms with Crippen molar-refractivity contribution in [3.63, 3.8) is 0 Å². The quantitative estimate of drug-likeness (QED) is 0.844. The molecule has 2 heterocycles. The third-order valence-corrected chi connectivity index (χ3v) is 3.32. The van der Waals surface area contributed by atoms with Crippen LogP contribution in [0.2, 0.25) is 0 Å². The first-order valence-electron chi connectivity index (χ1n) is 6.45. The van der Waals surface area contributed by atoms with Gasteiger partial charge in [-0.3, -0.25) is 0 Å². The van der Waals surface area contributed by atoms with Crippen molar-refractivity contribution < 1.29 is 4.74 Å². The lowest BCUT2D eigenvalue weighted by Gasteiger charge is -2.20. The summed E-state index contributed by atoms with van der Waals surface area (Å²) in [5.41, 5.74) is 1.17. The number of hydrogen-bond acceptors (Lipinski definition) is 5. The van der Waals surface area contributed by atoms with Gasteiger partial charge in [-0.2, -0.15) is 0 Å². The lowest BCUT2D eigenvalue weighted by atomic mass is 10.1. The zero-order valence-corrected chi connectivity index (χ0v) is 11.4. The summed E-state index contributed by atoms with van der Waals surface area (Å²) in [6, 6.07) is 0. The highest BCUT2D eigenvalue weighted by molar-refractivity contribution is 5.47. The monoisotopic (exact) mass is 250 g/mol. The van der Waals surface area contributed by atoms with Crippen molar-refractivity contribution in [3.05, 3.63) is 17.6 Å². The van der Waals surface area contributed by atoms with Crippen LogP contribution in [0.25, 0.3) is 0 Å². The van der Waals surface area contributed by atoms with Crippen LogP contribution >= 0.6 is 0 Å². The summed E-state index contributed by atoms with van der Waals surface area (Å²) < 4.78 is 5.24. The Bertz CT molecular complexity index is 397. The molecule has 1 aliphatic heterocycles. The Morgan fingerprint density at radius 3 is 3.11 bits per heavy atom. The molecule has 1 aliphatic rings. The van der Waals surface area contributed by atoms with Gasteiger partial charge in [-0.05, 0) is 20.4 Å². The van der Waals surface area contributed by atoms with E-state index in [1.54, 1.807) is 7.11 Å². The van der Waals surface area contributed by atoms with Crippen molar-refractivity contribution in [3.8, 4) is 0 Å². The molecule has 0 aromatic carbocycles. The number of rotatable bonds is 5. The van der Waals surface area contributed by atoms with E-state index in [-0.39, 0.29) is 0 Å². The van der Waals surface area contributed by atoms with Crippen molar-refractivity contribution in [1.29, 1.82) is 0 Å². The predicted octanol–water partition coefficient (Wildman–Crippen LogP) is 0.977. The standard InChI is InChI=1S/C13H22N4O/c1-10-15-7-12(6-14-2)13(16-10)17-5-4-11(8-17)9-18-3/h7,11,14H,4-6,8-9H2,1-3H3. The maximum atomic E-state index is 5.24. The van der Waals surface area contributed by atoms with Crippen molar-refractivity contribution in [2.24, 2.45) is 5.92 Å². The van der Waals surface area contributed by atoms with Gasteiger partial charge < -0.3 is 15.0 Å². The molecule has 1 N–H and O–H groups in total. The number of hydrogen-bond donors (Lipinski definition) is 1. The Balaban J connectivity index is 2.14. The second kappa shape index (κ2) is 6.11. The fraction of sp³-hybridized carbons (Fsp3) is 0.692. The third kappa shape index (κ3) is 2.97. The van der Waals surface area contributed by atoms with Crippen LogP contribution in [0.4, 0.5) is 5.82 Å². The molecule has 0 saturated carbocycles. The summed E-state index contributed by atoms with van der Waals surface area (Å²) >= 11 is 0. The lowest BCUT2D eigenvalue weighted by Crippen LogP contribution is -2.25. The van der Waals surface area contributed by atoms with Gasteiger partial charge in [0.25, 0.3) is 0 Å². The average molecular weight is 250 g/mol. The molecule has 1 fully saturated rings. The Hall–Kier alpha value is -1.20. The number of ether oxygens (including phenoxy) is 1. The van der Waals surface area contributed by atoms with Crippen LogP contribution in [-0.4, -0.2) is 43.8 Å². The first kappa shape index (κ1) is 13.2. The number of nitrogens with one attached hydrogen (secondary N) is 1. The highest BCUT2D eigenvalue weighted by Gasteiger charge is 2.25. The summed E-state index contributed by atoms with van der Waals surface area (Å²) in [7, 11) is 3.71. The molecule has 2 rings (SSSR count). The van der Waals surface area contributed by atoms with E-state index in [0.29, 0.717) is 5.92 Å².